The van der Waals surface area contributed by atoms with E-state index >= 15 is 0 Å². The molecule has 3 rings (SSSR count). The Morgan fingerprint density at radius 3 is 2.75 bits per heavy atom. The number of hydrogen-bond donors (Lipinski definition) is 0. The Kier molecular flexibility index (Phi) is 5.04. The molecule has 1 fully saturated rings. The van der Waals surface area contributed by atoms with Crippen LogP contribution in [0.2, 0.25) is 0 Å². The van der Waals surface area contributed by atoms with Gasteiger partial charge in [-0.1, -0.05) is 0 Å². The van der Waals surface area contributed by atoms with E-state index in [1.165, 1.54) is 12.1 Å². The number of rotatable bonds is 4. The van der Waals surface area contributed by atoms with Crippen molar-refractivity contribution < 1.29 is 8.78 Å². The maximum absolute atomic E-state index is 13.7. The second kappa shape index (κ2) is 7.21. The molecule has 0 unspecified atom stereocenters. The first-order valence-electron chi connectivity index (χ1n) is 8.20. The van der Waals surface area contributed by atoms with E-state index in [-0.39, 0.29) is 11.4 Å². The number of likely N-dealkylation sites (tertiary alicyclic amines) is 1. The van der Waals surface area contributed by atoms with E-state index in [0.717, 1.165) is 32.0 Å². The van der Waals surface area contributed by atoms with Crippen LogP contribution < -0.4 is 5.56 Å². The fraction of sp³-hybridized carbons (Fsp3) is 0.444. The molecule has 128 valence electrons. The lowest BCUT2D eigenvalue weighted by Gasteiger charge is -2.32. The van der Waals surface area contributed by atoms with Crippen molar-refractivity contribution in [2.75, 3.05) is 13.1 Å². The molecule has 0 spiro atoms. The molecular formula is C18H21F2N3O. The fourth-order valence-corrected chi connectivity index (χ4v) is 3.20. The van der Waals surface area contributed by atoms with E-state index in [0.29, 0.717) is 30.1 Å². The fourth-order valence-electron chi connectivity index (χ4n) is 3.20. The highest BCUT2D eigenvalue weighted by molar-refractivity contribution is 5.18. The topological polar surface area (TPSA) is 38.1 Å². The van der Waals surface area contributed by atoms with Gasteiger partial charge < -0.3 is 0 Å². The summed E-state index contributed by atoms with van der Waals surface area (Å²) in [4.78, 5) is 18.3. The second-order valence-electron chi connectivity index (χ2n) is 6.49. The largest absolute Gasteiger partial charge is 0.299 e. The minimum absolute atomic E-state index is 0.00858. The normalized spacial score (nSPS) is 16.5. The molecule has 24 heavy (non-hydrogen) atoms. The Morgan fingerprint density at radius 2 is 2.00 bits per heavy atom. The summed E-state index contributed by atoms with van der Waals surface area (Å²) in [5.74, 6) is -0.372. The molecule has 1 aromatic heterocycles. The molecule has 2 aromatic rings. The quantitative estimate of drug-likeness (QED) is 0.863. The minimum atomic E-state index is -0.410. The van der Waals surface area contributed by atoms with Crippen molar-refractivity contribution in [1.82, 2.24) is 14.5 Å². The monoisotopic (exact) mass is 333 g/mol. The molecule has 4 nitrogen and oxygen atoms in total. The maximum Gasteiger partial charge on any atom is 0.256 e. The second-order valence-corrected chi connectivity index (χ2v) is 6.49. The van der Waals surface area contributed by atoms with Crippen LogP contribution in [0.15, 0.2) is 35.5 Å². The van der Waals surface area contributed by atoms with Crippen LogP contribution in [0.25, 0.3) is 0 Å². The predicted octanol–water partition coefficient (Wildman–Crippen LogP) is 2.74. The van der Waals surface area contributed by atoms with Crippen LogP contribution in [0.3, 0.4) is 0 Å². The van der Waals surface area contributed by atoms with Gasteiger partial charge in [0.25, 0.3) is 5.56 Å². The van der Waals surface area contributed by atoms with Crippen LogP contribution in [0.5, 0.6) is 0 Å². The smallest absolute Gasteiger partial charge is 0.256 e. The number of aryl methyl sites for hydroxylation is 1. The molecule has 0 aliphatic carbocycles. The summed E-state index contributed by atoms with van der Waals surface area (Å²) >= 11 is 0. The highest BCUT2D eigenvalue weighted by Gasteiger charge is 2.21. The zero-order chi connectivity index (χ0) is 17.1. The van der Waals surface area contributed by atoms with Gasteiger partial charge in [-0.2, -0.15) is 0 Å². The number of piperidine rings is 1. The van der Waals surface area contributed by atoms with Crippen LogP contribution in [-0.2, 0) is 13.1 Å². The highest BCUT2D eigenvalue weighted by atomic mass is 19.1. The van der Waals surface area contributed by atoms with Crippen LogP contribution in [0, 0.1) is 24.5 Å². The van der Waals surface area contributed by atoms with Gasteiger partial charge in [0.15, 0.2) is 0 Å². The van der Waals surface area contributed by atoms with Gasteiger partial charge in [0.2, 0.25) is 0 Å². The van der Waals surface area contributed by atoms with E-state index in [1.54, 1.807) is 24.0 Å². The molecule has 0 amide bonds. The summed E-state index contributed by atoms with van der Waals surface area (Å²) in [5.41, 5.74) is 1.05. The number of aromatic nitrogens is 2. The van der Waals surface area contributed by atoms with Gasteiger partial charge in [0, 0.05) is 30.4 Å². The predicted molar refractivity (Wildman–Crippen MR) is 87.6 cm³/mol. The number of nitrogens with zero attached hydrogens (tertiary/aromatic N) is 3. The Balaban J connectivity index is 1.57. The zero-order valence-corrected chi connectivity index (χ0v) is 13.7. The summed E-state index contributed by atoms with van der Waals surface area (Å²) in [7, 11) is 0. The maximum atomic E-state index is 13.7. The number of halogens is 2. The molecule has 1 aliphatic heterocycles. The molecule has 0 atom stereocenters. The molecule has 6 heteroatoms. The highest BCUT2D eigenvalue weighted by Crippen LogP contribution is 2.21. The Morgan fingerprint density at radius 1 is 1.25 bits per heavy atom. The molecule has 1 aromatic carbocycles. The Labute approximate surface area is 139 Å². The van der Waals surface area contributed by atoms with Crippen LogP contribution >= 0.6 is 0 Å². The summed E-state index contributed by atoms with van der Waals surface area (Å²) < 4.78 is 28.7. The standard InChI is InChI=1S/C18H21F2N3O/c1-13-9-21-12-23(18(13)24)10-14-4-6-22(7-5-14)11-15-8-16(19)2-3-17(15)20/h2-3,8-9,12,14H,4-7,10-11H2,1H3. The average molecular weight is 333 g/mol. The van der Waals surface area contributed by atoms with Gasteiger partial charge in [0.1, 0.15) is 11.6 Å². The van der Waals surface area contributed by atoms with Crippen LogP contribution in [0.1, 0.15) is 24.0 Å². The van der Waals surface area contributed by atoms with Crippen molar-refractivity contribution in [3.05, 3.63) is 63.8 Å². The first kappa shape index (κ1) is 16.8. The summed E-state index contributed by atoms with van der Waals surface area (Å²) in [6, 6.07) is 3.58. The third-order valence-corrected chi connectivity index (χ3v) is 4.64. The van der Waals surface area contributed by atoms with E-state index < -0.39 is 5.82 Å². The van der Waals surface area contributed by atoms with Crippen molar-refractivity contribution in [3.8, 4) is 0 Å². The van der Waals surface area contributed by atoms with Crippen LogP contribution in [-0.4, -0.2) is 27.5 Å². The van der Waals surface area contributed by atoms with Gasteiger partial charge in [-0.3, -0.25) is 14.3 Å². The molecule has 0 bridgehead atoms. The lowest BCUT2D eigenvalue weighted by molar-refractivity contribution is 0.164. The van der Waals surface area contributed by atoms with Crippen molar-refractivity contribution in [2.45, 2.75) is 32.9 Å². The first-order chi connectivity index (χ1) is 11.5. The lowest BCUT2D eigenvalue weighted by Crippen LogP contribution is -2.36. The first-order valence-corrected chi connectivity index (χ1v) is 8.20. The van der Waals surface area contributed by atoms with Crippen molar-refractivity contribution in [3.63, 3.8) is 0 Å². The SMILES string of the molecule is Cc1cncn(CC2CCN(Cc3cc(F)ccc3F)CC2)c1=O. The lowest BCUT2D eigenvalue weighted by atomic mass is 9.96. The van der Waals surface area contributed by atoms with E-state index in [9.17, 15) is 13.6 Å². The van der Waals surface area contributed by atoms with Gasteiger partial charge >= 0.3 is 0 Å². The van der Waals surface area contributed by atoms with Gasteiger partial charge in [-0.05, 0) is 57.0 Å². The summed E-state index contributed by atoms with van der Waals surface area (Å²) in [6.07, 6.45) is 5.02. The average Bonchev–Trinajstić information content (AvgIpc) is 2.57. The van der Waals surface area contributed by atoms with Crippen molar-refractivity contribution in [1.29, 1.82) is 0 Å². The van der Waals surface area contributed by atoms with Gasteiger partial charge in [0.05, 0.1) is 6.33 Å². The van der Waals surface area contributed by atoms with Gasteiger partial charge in [-0.25, -0.2) is 13.8 Å². The Hall–Kier alpha value is -2.08. The minimum Gasteiger partial charge on any atom is -0.299 e. The van der Waals surface area contributed by atoms with Gasteiger partial charge in [-0.15, -0.1) is 0 Å². The molecule has 0 saturated carbocycles. The van der Waals surface area contributed by atoms with E-state index in [4.69, 9.17) is 0 Å². The molecular weight excluding hydrogens is 312 g/mol. The van der Waals surface area contributed by atoms with Crippen molar-refractivity contribution >= 4 is 0 Å². The summed E-state index contributed by atoms with van der Waals surface area (Å²) in [6.45, 7) is 4.48. The molecule has 0 N–H and O–H groups in total. The molecule has 1 saturated heterocycles. The van der Waals surface area contributed by atoms with E-state index in [1.807, 2.05) is 0 Å². The number of hydrogen-bond acceptors (Lipinski definition) is 3. The third kappa shape index (κ3) is 3.87. The molecule has 0 radical (unpaired) electrons. The third-order valence-electron chi connectivity index (χ3n) is 4.64. The zero-order valence-electron chi connectivity index (χ0n) is 13.7. The number of benzene rings is 1. The molecule has 1 aliphatic rings. The summed E-state index contributed by atoms with van der Waals surface area (Å²) in [5, 5.41) is 0. The Bertz CT molecular complexity index is 767. The van der Waals surface area contributed by atoms with Crippen molar-refractivity contribution in [2.24, 2.45) is 5.92 Å². The van der Waals surface area contributed by atoms with Crippen LogP contribution in [0.4, 0.5) is 8.78 Å². The molecule has 2 heterocycles. The van der Waals surface area contributed by atoms with E-state index in [2.05, 4.69) is 9.88 Å².